The lowest BCUT2D eigenvalue weighted by Crippen LogP contribution is -2.43. The van der Waals surface area contributed by atoms with Crippen LogP contribution < -0.4 is 4.74 Å². The monoisotopic (exact) mass is 674 g/mol. The number of ether oxygens (including phenoxy) is 2. The number of allylic oxidation sites excluding steroid dienone is 3. The van der Waals surface area contributed by atoms with Crippen LogP contribution in [0.5, 0.6) is 5.75 Å². The molecule has 0 unspecified atom stereocenters. The van der Waals surface area contributed by atoms with Crippen molar-refractivity contribution in [2.75, 3.05) is 13.1 Å². The van der Waals surface area contributed by atoms with Gasteiger partial charge in [-0.15, -0.1) is 0 Å². The van der Waals surface area contributed by atoms with Crippen molar-refractivity contribution in [3.8, 4) is 16.9 Å². The number of nitrogens with zero attached hydrogens (tertiary/aromatic N) is 4. The van der Waals surface area contributed by atoms with Crippen LogP contribution >= 0.6 is 0 Å². The molecule has 1 aliphatic carbocycles. The van der Waals surface area contributed by atoms with Gasteiger partial charge in [-0.25, -0.2) is 4.79 Å². The zero-order chi connectivity index (χ0) is 34.9. The second-order valence-corrected chi connectivity index (χ2v) is 16.3. The van der Waals surface area contributed by atoms with Gasteiger partial charge in [0.15, 0.2) is 0 Å². The molecular weight excluding hydrogens is 624 g/mol. The number of hydrogen-bond acceptors (Lipinski definition) is 6. The van der Waals surface area contributed by atoms with Gasteiger partial charge < -0.3 is 14.4 Å². The van der Waals surface area contributed by atoms with Gasteiger partial charge >= 0.3 is 6.09 Å². The zero-order valence-corrected chi connectivity index (χ0v) is 30.5. The Bertz CT molecular complexity index is 1890. The number of likely N-dealkylation sites (tertiary alicyclic amines) is 2. The summed E-state index contributed by atoms with van der Waals surface area (Å²) in [5.74, 6) is 1.64. The van der Waals surface area contributed by atoms with Crippen LogP contribution in [0.15, 0.2) is 52.2 Å². The highest BCUT2D eigenvalue weighted by molar-refractivity contribution is 6.06. The van der Waals surface area contributed by atoms with Crippen molar-refractivity contribution < 1.29 is 19.1 Å². The van der Waals surface area contributed by atoms with E-state index in [2.05, 4.69) is 42.2 Å². The van der Waals surface area contributed by atoms with Crippen LogP contribution in [0.2, 0.25) is 0 Å². The highest BCUT2D eigenvalue weighted by Gasteiger charge is 2.41. The van der Waals surface area contributed by atoms with E-state index in [0.717, 1.165) is 92.8 Å². The molecule has 5 aliphatic heterocycles. The van der Waals surface area contributed by atoms with Crippen molar-refractivity contribution in [2.24, 2.45) is 21.8 Å². The van der Waals surface area contributed by atoms with Crippen LogP contribution in [0.25, 0.3) is 22.3 Å². The highest BCUT2D eigenvalue weighted by atomic mass is 16.6. The zero-order valence-electron chi connectivity index (χ0n) is 30.5. The molecule has 2 saturated heterocycles. The molecule has 2 fully saturated rings. The third kappa shape index (κ3) is 5.88. The Morgan fingerprint density at radius 3 is 2.60 bits per heavy atom. The van der Waals surface area contributed by atoms with Crippen LogP contribution in [0, 0.1) is 11.8 Å². The topological polar surface area (TPSA) is 83.8 Å². The van der Waals surface area contributed by atoms with E-state index < -0.39 is 5.60 Å². The van der Waals surface area contributed by atoms with E-state index in [0.29, 0.717) is 12.5 Å². The minimum Gasteiger partial charge on any atom is -0.488 e. The third-order valence-electron chi connectivity index (χ3n) is 11.4. The molecule has 50 heavy (non-hydrogen) atoms. The summed E-state index contributed by atoms with van der Waals surface area (Å²) in [6.45, 7) is 14.0. The van der Waals surface area contributed by atoms with Crippen molar-refractivity contribution in [1.82, 2.24) is 9.80 Å². The summed E-state index contributed by atoms with van der Waals surface area (Å²) >= 11 is 0. The Labute approximate surface area is 296 Å². The summed E-state index contributed by atoms with van der Waals surface area (Å²) < 4.78 is 12.3. The van der Waals surface area contributed by atoms with Crippen molar-refractivity contribution in [3.63, 3.8) is 0 Å². The number of carbonyl (C=O) groups excluding carboxylic acids is 2. The second kappa shape index (κ2) is 12.5. The van der Waals surface area contributed by atoms with Crippen molar-refractivity contribution >= 4 is 34.6 Å². The maximum atomic E-state index is 13.2. The van der Waals surface area contributed by atoms with E-state index in [-0.39, 0.29) is 30.0 Å². The predicted molar refractivity (Wildman–Crippen MR) is 198 cm³/mol. The summed E-state index contributed by atoms with van der Waals surface area (Å²) in [5.41, 5.74) is 12.7. The first kappa shape index (κ1) is 33.0. The largest absolute Gasteiger partial charge is 0.488 e. The van der Waals surface area contributed by atoms with Gasteiger partial charge in [-0.3, -0.25) is 19.7 Å². The Hall–Kier alpha value is -4.20. The molecular formula is C42H50N4O4. The number of rotatable bonds is 5. The summed E-state index contributed by atoms with van der Waals surface area (Å²) in [6, 6.07) is 11.4. The van der Waals surface area contributed by atoms with Gasteiger partial charge in [-0.1, -0.05) is 39.3 Å². The van der Waals surface area contributed by atoms with Gasteiger partial charge in [0.2, 0.25) is 5.91 Å². The smallest absolute Gasteiger partial charge is 0.410 e. The molecule has 0 saturated carbocycles. The van der Waals surface area contributed by atoms with Crippen LogP contribution in [0.1, 0.15) is 109 Å². The average Bonchev–Trinajstić information content (AvgIpc) is 3.90. The molecule has 2 aromatic carbocycles. The molecule has 0 N–H and O–H groups in total. The number of aryl methyl sites for hydroxylation is 1. The van der Waals surface area contributed by atoms with Crippen LogP contribution in [-0.4, -0.2) is 64.0 Å². The molecule has 5 heterocycles. The van der Waals surface area contributed by atoms with Gasteiger partial charge in [0.05, 0.1) is 12.1 Å². The van der Waals surface area contributed by atoms with E-state index in [4.69, 9.17) is 19.5 Å². The predicted octanol–water partition coefficient (Wildman–Crippen LogP) is 8.62. The van der Waals surface area contributed by atoms with Gasteiger partial charge in [-0.05, 0) is 116 Å². The summed E-state index contributed by atoms with van der Waals surface area (Å²) in [7, 11) is 0. The Morgan fingerprint density at radius 2 is 1.82 bits per heavy atom. The van der Waals surface area contributed by atoms with E-state index in [1.54, 1.807) is 0 Å². The first-order chi connectivity index (χ1) is 24.0. The fourth-order valence-corrected chi connectivity index (χ4v) is 8.83. The highest BCUT2D eigenvalue weighted by Crippen LogP contribution is 2.47. The number of carbonyl (C=O) groups is 2. The Kier molecular flexibility index (Phi) is 8.27. The summed E-state index contributed by atoms with van der Waals surface area (Å²) in [4.78, 5) is 40.2. The lowest BCUT2D eigenvalue weighted by molar-refractivity contribution is -0.134. The number of aliphatic imine (C=N–C) groups is 2. The lowest BCUT2D eigenvalue weighted by Gasteiger charge is -2.29. The first-order valence-electron chi connectivity index (χ1n) is 18.8. The van der Waals surface area contributed by atoms with Crippen molar-refractivity contribution in [1.29, 1.82) is 0 Å². The first-order valence-corrected chi connectivity index (χ1v) is 18.8. The Balaban J connectivity index is 0.983. The normalized spacial score (nSPS) is 24.0. The van der Waals surface area contributed by atoms with Crippen molar-refractivity contribution in [2.45, 2.75) is 117 Å². The molecule has 0 radical (unpaired) electrons. The standard InChI is InChI=1S/C42H50N4O4/c1-7-25-15-38(46(22-25)41(48)50-42(4,5)6)35-18-28(21-43-35)26-10-12-30-29(16-26)23-49-39-20-31-27(17-33(30)39)11-13-34-32(31)19-36(44-34)37-9-8-14-45(37)40(47)24(2)3/h10,12,16-17,20-21,24-25,37-38H,7-9,11,13-15,18-19,22-23H2,1-6H3/t25-,37-,38-/m0/s1. The molecule has 2 aromatic rings. The number of fused-ring (bicyclic) bond motifs is 5. The SMILES string of the molecule is CC[C@H]1C[C@@H](C2=NC=C(c3ccc4c(c3)COc3cc5c(cc3-4)CCC3=C5CC([C@@H]4CCCN4C(=O)C(C)C)=N3)C2)N(C(=O)OC(C)(C)C)C1. The minimum absolute atomic E-state index is 0.00612. The number of hydrogen-bond donors (Lipinski definition) is 0. The molecule has 262 valence electrons. The van der Waals surface area contributed by atoms with Crippen LogP contribution in [0.4, 0.5) is 4.79 Å². The van der Waals surface area contributed by atoms with Gasteiger partial charge in [-0.2, -0.15) is 0 Å². The maximum absolute atomic E-state index is 13.2. The molecule has 8 heteroatoms. The molecule has 2 amide bonds. The minimum atomic E-state index is -0.530. The van der Waals surface area contributed by atoms with E-state index in [1.165, 1.54) is 39.1 Å². The lowest BCUT2D eigenvalue weighted by atomic mass is 9.83. The van der Waals surface area contributed by atoms with Crippen LogP contribution in [-0.2, 0) is 22.6 Å². The molecule has 8 nitrogen and oxygen atoms in total. The molecule has 0 spiro atoms. The molecule has 3 atom stereocenters. The summed E-state index contributed by atoms with van der Waals surface area (Å²) in [5, 5.41) is 0. The van der Waals surface area contributed by atoms with Gasteiger partial charge in [0.25, 0.3) is 0 Å². The van der Waals surface area contributed by atoms with Crippen LogP contribution in [0.3, 0.4) is 0 Å². The molecule has 6 aliphatic rings. The second-order valence-electron chi connectivity index (χ2n) is 16.3. The fraction of sp³-hybridized carbons (Fsp3) is 0.524. The number of benzene rings is 2. The van der Waals surface area contributed by atoms with Gasteiger partial charge in [0, 0.05) is 60.7 Å². The van der Waals surface area contributed by atoms with E-state index >= 15 is 0 Å². The Morgan fingerprint density at radius 1 is 0.980 bits per heavy atom. The quantitative estimate of drug-likeness (QED) is 0.318. The maximum Gasteiger partial charge on any atom is 0.410 e. The van der Waals surface area contributed by atoms with Crippen molar-refractivity contribution in [3.05, 3.63) is 64.5 Å². The average molecular weight is 675 g/mol. The van der Waals surface area contributed by atoms with E-state index in [1.807, 2.05) is 45.7 Å². The summed E-state index contributed by atoms with van der Waals surface area (Å²) in [6.07, 6.45) is 9.21. The number of amides is 2. The third-order valence-corrected chi connectivity index (χ3v) is 11.4. The van der Waals surface area contributed by atoms with Gasteiger partial charge in [0.1, 0.15) is 18.0 Å². The molecule has 0 aromatic heterocycles. The van der Waals surface area contributed by atoms with E-state index in [9.17, 15) is 9.59 Å². The fourth-order valence-electron chi connectivity index (χ4n) is 8.83. The molecule has 0 bridgehead atoms. The molecule has 8 rings (SSSR count).